The Kier molecular flexibility index (Phi) is 7.00. The zero-order chi connectivity index (χ0) is 27.1. The van der Waals surface area contributed by atoms with Crippen LogP contribution in [-0.2, 0) is 11.2 Å². The second-order valence-electron chi connectivity index (χ2n) is 12.5. The summed E-state index contributed by atoms with van der Waals surface area (Å²) in [5.41, 5.74) is 6.70. The van der Waals surface area contributed by atoms with Crippen LogP contribution in [-0.4, -0.2) is 67.1 Å². The summed E-state index contributed by atoms with van der Waals surface area (Å²) in [5, 5.41) is 9.77. The van der Waals surface area contributed by atoms with Gasteiger partial charge in [0.2, 0.25) is 5.91 Å². The van der Waals surface area contributed by atoms with Crippen LogP contribution < -0.4 is 4.74 Å². The van der Waals surface area contributed by atoms with Crippen LogP contribution >= 0.6 is 0 Å². The predicted octanol–water partition coefficient (Wildman–Crippen LogP) is 5.61. The molecule has 1 saturated carbocycles. The van der Waals surface area contributed by atoms with Crippen LogP contribution in [0.4, 0.5) is 0 Å². The van der Waals surface area contributed by atoms with E-state index < -0.39 is 5.97 Å². The first-order valence-electron chi connectivity index (χ1n) is 14.6. The monoisotopic (exact) mass is 528 g/mol. The van der Waals surface area contributed by atoms with Crippen molar-refractivity contribution < 1.29 is 19.4 Å². The minimum atomic E-state index is -0.870. The molecule has 2 aliphatic heterocycles. The largest absolute Gasteiger partial charge is 0.492 e. The fourth-order valence-electron chi connectivity index (χ4n) is 7.53. The minimum Gasteiger partial charge on any atom is -0.492 e. The molecule has 2 heterocycles. The zero-order valence-corrected chi connectivity index (χ0v) is 23.2. The number of likely N-dealkylation sites (tertiary alicyclic amines) is 1. The number of amides is 1. The van der Waals surface area contributed by atoms with Crippen molar-refractivity contribution in [1.29, 1.82) is 0 Å². The fourth-order valence-corrected chi connectivity index (χ4v) is 7.53. The van der Waals surface area contributed by atoms with E-state index in [1.807, 2.05) is 25.1 Å². The van der Waals surface area contributed by atoms with Crippen LogP contribution in [0.1, 0.15) is 72.0 Å². The third-order valence-corrected chi connectivity index (χ3v) is 9.39. The van der Waals surface area contributed by atoms with E-state index in [2.05, 4.69) is 35.2 Å². The summed E-state index contributed by atoms with van der Waals surface area (Å²) < 4.78 is 6.58. The standard InChI is InChI=1S/C33H40N2O4/c1-34(2)15-14-29(36)35-19-33(20-35)18-25-17-24-16-23(32(37)38)12-13-26(24)30(22-8-4-3-5-9-22)31(25)27-10-6-7-11-28(27)39-21-33/h6-7,10-13,16,22,25H,3-5,8-9,14-15,17-21H2,1-2H3,(H,37,38). The molecule has 6 nitrogen and oxygen atoms in total. The van der Waals surface area contributed by atoms with E-state index in [1.54, 1.807) is 6.07 Å². The van der Waals surface area contributed by atoms with Gasteiger partial charge in [0.25, 0.3) is 0 Å². The number of aromatic carboxylic acids is 1. The maximum atomic E-state index is 12.9. The Hall–Kier alpha value is -3.12. The molecule has 1 atom stereocenters. The number of fused-ring (bicyclic) bond motifs is 4. The van der Waals surface area contributed by atoms with Crippen molar-refractivity contribution in [3.8, 4) is 5.75 Å². The van der Waals surface area contributed by atoms with Crippen molar-refractivity contribution in [1.82, 2.24) is 9.80 Å². The Morgan fingerprint density at radius 3 is 2.49 bits per heavy atom. The number of para-hydroxylation sites is 1. The Morgan fingerprint density at radius 2 is 1.74 bits per heavy atom. The predicted molar refractivity (Wildman–Crippen MR) is 153 cm³/mol. The van der Waals surface area contributed by atoms with Gasteiger partial charge in [-0.15, -0.1) is 0 Å². The molecule has 2 fully saturated rings. The van der Waals surface area contributed by atoms with Gasteiger partial charge in [0.1, 0.15) is 5.75 Å². The number of carbonyl (C=O) groups excluding carboxylic acids is 1. The van der Waals surface area contributed by atoms with Crippen LogP contribution in [0.3, 0.4) is 0 Å². The molecule has 6 heteroatoms. The number of carbonyl (C=O) groups is 2. The topological polar surface area (TPSA) is 70.1 Å². The van der Waals surface area contributed by atoms with Crippen molar-refractivity contribution >= 4 is 23.0 Å². The summed E-state index contributed by atoms with van der Waals surface area (Å²) in [6, 6.07) is 14.2. The Bertz CT molecular complexity index is 1300. The lowest BCUT2D eigenvalue weighted by molar-refractivity contribution is -0.147. The molecule has 206 valence electrons. The highest BCUT2D eigenvalue weighted by molar-refractivity contribution is 5.98. The molecule has 1 spiro atoms. The number of nitrogens with zero attached hydrogens (tertiary/aromatic N) is 2. The second kappa shape index (κ2) is 10.5. The van der Waals surface area contributed by atoms with Gasteiger partial charge in [-0.25, -0.2) is 4.79 Å². The third-order valence-electron chi connectivity index (χ3n) is 9.39. The van der Waals surface area contributed by atoms with Crippen LogP contribution in [0.25, 0.3) is 11.1 Å². The SMILES string of the molecule is CN(C)CCC(=O)N1CC2(COc3ccccc3C3=C(C4CCCCC4)c4ccc(C(=O)O)cc4CC3C2)C1. The normalized spacial score (nSPS) is 22.2. The van der Waals surface area contributed by atoms with E-state index in [9.17, 15) is 14.7 Å². The number of allylic oxidation sites excluding steroid dienone is 2. The molecule has 6 rings (SSSR count). The minimum absolute atomic E-state index is 0.0865. The smallest absolute Gasteiger partial charge is 0.335 e. The molecule has 1 unspecified atom stereocenters. The van der Waals surface area contributed by atoms with Gasteiger partial charge in [-0.05, 0) is 92.1 Å². The summed E-state index contributed by atoms with van der Waals surface area (Å²) in [4.78, 5) is 28.9. The van der Waals surface area contributed by atoms with Gasteiger partial charge in [-0.2, -0.15) is 0 Å². The van der Waals surface area contributed by atoms with Crippen molar-refractivity contribution in [3.63, 3.8) is 0 Å². The van der Waals surface area contributed by atoms with Gasteiger partial charge < -0.3 is 19.6 Å². The Labute approximate surface area is 231 Å². The molecule has 0 aromatic heterocycles. The Morgan fingerprint density at radius 1 is 1.00 bits per heavy atom. The van der Waals surface area contributed by atoms with Crippen LogP contribution in [0.2, 0.25) is 0 Å². The molecular formula is C33H40N2O4. The molecule has 2 aromatic carbocycles. The Balaban J connectivity index is 1.42. The highest BCUT2D eigenvalue weighted by Gasteiger charge is 2.49. The highest BCUT2D eigenvalue weighted by atomic mass is 16.5. The van der Waals surface area contributed by atoms with E-state index >= 15 is 0 Å². The zero-order valence-electron chi connectivity index (χ0n) is 23.2. The lowest BCUT2D eigenvalue weighted by Crippen LogP contribution is -2.62. The second-order valence-corrected chi connectivity index (χ2v) is 12.5. The first kappa shape index (κ1) is 26.1. The lowest BCUT2D eigenvalue weighted by Gasteiger charge is -2.53. The summed E-state index contributed by atoms with van der Waals surface area (Å²) >= 11 is 0. The molecular weight excluding hydrogens is 488 g/mol. The molecule has 0 radical (unpaired) electrons. The molecule has 1 amide bonds. The maximum Gasteiger partial charge on any atom is 0.335 e. The number of carboxylic acid groups (broad SMARTS) is 1. The molecule has 1 N–H and O–H groups in total. The molecule has 39 heavy (non-hydrogen) atoms. The van der Waals surface area contributed by atoms with E-state index in [-0.39, 0.29) is 17.2 Å². The van der Waals surface area contributed by atoms with Crippen molar-refractivity contribution in [3.05, 3.63) is 64.7 Å². The van der Waals surface area contributed by atoms with Crippen LogP contribution in [0.5, 0.6) is 5.75 Å². The number of hydrogen-bond donors (Lipinski definition) is 1. The maximum absolute atomic E-state index is 12.9. The molecule has 1 saturated heterocycles. The fraction of sp³-hybridized carbons (Fsp3) is 0.515. The molecule has 0 bridgehead atoms. The molecule has 4 aliphatic rings. The van der Waals surface area contributed by atoms with E-state index in [1.165, 1.54) is 54.4 Å². The number of ether oxygens (including phenoxy) is 1. The van der Waals surface area contributed by atoms with Gasteiger partial charge in [0.05, 0.1) is 12.2 Å². The third kappa shape index (κ3) is 5.00. The van der Waals surface area contributed by atoms with E-state index in [0.717, 1.165) is 43.8 Å². The first-order chi connectivity index (χ1) is 18.8. The van der Waals surface area contributed by atoms with Gasteiger partial charge in [-0.1, -0.05) is 43.5 Å². The number of hydrogen-bond acceptors (Lipinski definition) is 4. The van der Waals surface area contributed by atoms with E-state index in [0.29, 0.717) is 24.5 Å². The highest BCUT2D eigenvalue weighted by Crippen LogP contribution is 2.54. The van der Waals surface area contributed by atoms with Gasteiger partial charge >= 0.3 is 5.97 Å². The number of carboxylic acids is 1. The summed E-state index contributed by atoms with van der Waals surface area (Å²) in [5.74, 6) is 1.02. The summed E-state index contributed by atoms with van der Waals surface area (Å²) in [6.07, 6.45) is 8.42. The van der Waals surface area contributed by atoms with Crippen molar-refractivity contribution in [2.75, 3.05) is 40.3 Å². The average molecular weight is 529 g/mol. The van der Waals surface area contributed by atoms with Gasteiger partial charge in [-0.3, -0.25) is 4.79 Å². The van der Waals surface area contributed by atoms with Gasteiger partial charge in [0, 0.05) is 37.0 Å². The summed E-state index contributed by atoms with van der Waals surface area (Å²) in [6.45, 7) is 2.82. The average Bonchev–Trinajstić information content (AvgIpc) is 2.91. The lowest BCUT2D eigenvalue weighted by atomic mass is 9.63. The first-order valence-corrected chi connectivity index (χ1v) is 14.6. The molecule has 2 aliphatic carbocycles. The van der Waals surface area contributed by atoms with E-state index in [4.69, 9.17) is 4.74 Å². The quantitative estimate of drug-likeness (QED) is 0.546. The van der Waals surface area contributed by atoms with Crippen molar-refractivity contribution in [2.45, 2.75) is 51.4 Å². The van der Waals surface area contributed by atoms with Crippen LogP contribution in [0, 0.1) is 17.3 Å². The molecule has 2 aromatic rings. The number of rotatable bonds is 5. The van der Waals surface area contributed by atoms with Crippen LogP contribution in [0.15, 0.2) is 42.5 Å². The van der Waals surface area contributed by atoms with Gasteiger partial charge in [0.15, 0.2) is 0 Å². The summed E-state index contributed by atoms with van der Waals surface area (Å²) in [7, 11) is 4.00. The van der Waals surface area contributed by atoms with Crippen molar-refractivity contribution in [2.24, 2.45) is 17.3 Å². The number of benzene rings is 2.